The lowest BCUT2D eigenvalue weighted by Crippen LogP contribution is -2.29. The second-order valence-electron chi connectivity index (χ2n) is 6.98. The molecule has 3 aromatic rings. The number of benzene rings is 3. The zero-order chi connectivity index (χ0) is 22.0. The summed E-state index contributed by atoms with van der Waals surface area (Å²) in [7, 11) is 3.05. The molecule has 0 radical (unpaired) electrons. The minimum absolute atomic E-state index is 0.00326. The Morgan fingerprint density at radius 3 is 2.13 bits per heavy atom. The number of methoxy groups -OCH3 is 2. The van der Waals surface area contributed by atoms with Gasteiger partial charge >= 0.3 is 0 Å². The first-order valence-electron chi connectivity index (χ1n) is 9.70. The quantitative estimate of drug-likeness (QED) is 0.381. The number of aliphatic hydroxyl groups is 1. The van der Waals surface area contributed by atoms with E-state index in [1.54, 1.807) is 73.8 Å². The molecule has 1 atom stereocenters. The first kappa shape index (κ1) is 20.2. The van der Waals surface area contributed by atoms with Crippen LogP contribution in [0, 0.1) is 0 Å². The number of Topliss-reactive ketones (excluding diaryl/α,β-unsaturated/α-hetero) is 1. The molecule has 1 aliphatic rings. The molecule has 3 aromatic carbocycles. The van der Waals surface area contributed by atoms with Crippen molar-refractivity contribution < 1.29 is 24.2 Å². The SMILES string of the molecule is COc1ccc([C@@H]2C(=C(O)c3ccccc3)C(=O)C(=O)N2c2ccccc2)c(OC)c1. The Bertz CT molecular complexity index is 1160. The Hall–Kier alpha value is -4.06. The maximum Gasteiger partial charge on any atom is 0.300 e. The lowest BCUT2D eigenvalue weighted by atomic mass is 9.94. The molecule has 0 aliphatic carbocycles. The van der Waals surface area contributed by atoms with Crippen LogP contribution in [0.4, 0.5) is 5.69 Å². The number of ketones is 1. The normalized spacial score (nSPS) is 17.6. The molecule has 0 bridgehead atoms. The van der Waals surface area contributed by atoms with E-state index >= 15 is 0 Å². The van der Waals surface area contributed by atoms with Gasteiger partial charge in [-0.05, 0) is 24.3 Å². The molecule has 31 heavy (non-hydrogen) atoms. The van der Waals surface area contributed by atoms with Crippen LogP contribution >= 0.6 is 0 Å². The van der Waals surface area contributed by atoms with Crippen molar-refractivity contribution in [1.82, 2.24) is 0 Å². The van der Waals surface area contributed by atoms with E-state index in [0.717, 1.165) is 0 Å². The predicted octanol–water partition coefficient (Wildman–Crippen LogP) is 4.33. The van der Waals surface area contributed by atoms with E-state index in [0.29, 0.717) is 28.3 Å². The van der Waals surface area contributed by atoms with Crippen molar-refractivity contribution in [3.05, 3.63) is 95.6 Å². The first-order chi connectivity index (χ1) is 15.1. The number of para-hydroxylation sites is 1. The van der Waals surface area contributed by atoms with Gasteiger partial charge in [-0.1, -0.05) is 48.5 Å². The fourth-order valence-electron chi connectivity index (χ4n) is 3.78. The third-order valence-corrected chi connectivity index (χ3v) is 5.26. The average molecular weight is 415 g/mol. The zero-order valence-electron chi connectivity index (χ0n) is 17.1. The van der Waals surface area contributed by atoms with Crippen molar-refractivity contribution in [1.29, 1.82) is 0 Å². The molecule has 4 rings (SSSR count). The van der Waals surface area contributed by atoms with Gasteiger partial charge in [0.15, 0.2) is 0 Å². The minimum Gasteiger partial charge on any atom is -0.507 e. The molecule has 6 nitrogen and oxygen atoms in total. The highest BCUT2D eigenvalue weighted by molar-refractivity contribution is 6.51. The largest absolute Gasteiger partial charge is 0.507 e. The highest BCUT2D eigenvalue weighted by Gasteiger charge is 2.47. The smallest absolute Gasteiger partial charge is 0.300 e. The maximum atomic E-state index is 13.1. The van der Waals surface area contributed by atoms with Gasteiger partial charge in [0.1, 0.15) is 17.3 Å². The van der Waals surface area contributed by atoms with Gasteiger partial charge in [0, 0.05) is 22.9 Å². The highest BCUT2D eigenvalue weighted by Crippen LogP contribution is 2.45. The third-order valence-electron chi connectivity index (χ3n) is 5.26. The number of carbonyl (C=O) groups excluding carboxylic acids is 2. The lowest BCUT2D eigenvalue weighted by Gasteiger charge is -2.26. The number of aliphatic hydroxyl groups excluding tert-OH is 1. The van der Waals surface area contributed by atoms with Crippen LogP contribution in [0.5, 0.6) is 11.5 Å². The van der Waals surface area contributed by atoms with Crippen molar-refractivity contribution in [2.75, 3.05) is 19.1 Å². The van der Waals surface area contributed by atoms with E-state index in [4.69, 9.17) is 9.47 Å². The van der Waals surface area contributed by atoms with Gasteiger partial charge < -0.3 is 14.6 Å². The molecule has 156 valence electrons. The standard InChI is InChI=1S/C25H21NO5/c1-30-18-13-14-19(20(15-18)31-2)22-21(23(27)16-9-5-3-6-10-16)24(28)25(29)26(22)17-11-7-4-8-12-17/h3-15,22,27H,1-2H3/t22-/m1/s1. The molecule has 0 aromatic heterocycles. The van der Waals surface area contributed by atoms with E-state index in [1.165, 1.54) is 12.0 Å². The number of carbonyl (C=O) groups is 2. The molecule has 6 heteroatoms. The molecule has 0 saturated carbocycles. The molecule has 1 saturated heterocycles. The summed E-state index contributed by atoms with van der Waals surface area (Å²) in [5.74, 6) is -0.702. The van der Waals surface area contributed by atoms with Gasteiger partial charge in [0.25, 0.3) is 11.7 Å². The van der Waals surface area contributed by atoms with Crippen LogP contribution in [0.15, 0.2) is 84.4 Å². The Morgan fingerprint density at radius 1 is 0.871 bits per heavy atom. The van der Waals surface area contributed by atoms with E-state index in [-0.39, 0.29) is 11.3 Å². The van der Waals surface area contributed by atoms with E-state index in [9.17, 15) is 14.7 Å². The van der Waals surface area contributed by atoms with Crippen molar-refractivity contribution in [2.45, 2.75) is 6.04 Å². The summed E-state index contributed by atoms with van der Waals surface area (Å²) in [6.45, 7) is 0. The number of hydrogen-bond acceptors (Lipinski definition) is 5. The molecule has 0 spiro atoms. The van der Waals surface area contributed by atoms with Gasteiger partial charge in [0.2, 0.25) is 0 Å². The highest BCUT2D eigenvalue weighted by atomic mass is 16.5. The van der Waals surface area contributed by atoms with Crippen LogP contribution in [0.2, 0.25) is 0 Å². The summed E-state index contributed by atoms with van der Waals surface area (Å²) < 4.78 is 10.8. The number of nitrogens with zero attached hydrogens (tertiary/aromatic N) is 1. The minimum atomic E-state index is -0.872. The van der Waals surface area contributed by atoms with Crippen molar-refractivity contribution >= 4 is 23.1 Å². The van der Waals surface area contributed by atoms with Gasteiger partial charge in [0.05, 0.1) is 25.8 Å². The van der Waals surface area contributed by atoms with Crippen LogP contribution in [0.3, 0.4) is 0 Å². The second-order valence-corrected chi connectivity index (χ2v) is 6.98. The van der Waals surface area contributed by atoms with E-state index in [2.05, 4.69) is 0 Å². The van der Waals surface area contributed by atoms with Crippen LogP contribution in [-0.4, -0.2) is 31.0 Å². The molecule has 1 aliphatic heterocycles. The van der Waals surface area contributed by atoms with E-state index < -0.39 is 17.7 Å². The Morgan fingerprint density at radius 2 is 1.52 bits per heavy atom. The Balaban J connectivity index is 1.99. The van der Waals surface area contributed by atoms with Gasteiger partial charge in [-0.15, -0.1) is 0 Å². The maximum absolute atomic E-state index is 13.1. The van der Waals surface area contributed by atoms with Gasteiger partial charge in [-0.3, -0.25) is 14.5 Å². The van der Waals surface area contributed by atoms with Crippen molar-refractivity contribution in [2.24, 2.45) is 0 Å². The predicted molar refractivity (Wildman–Crippen MR) is 117 cm³/mol. The Kier molecular flexibility index (Phi) is 5.45. The monoisotopic (exact) mass is 415 g/mol. The fourth-order valence-corrected chi connectivity index (χ4v) is 3.78. The van der Waals surface area contributed by atoms with Crippen LogP contribution < -0.4 is 14.4 Å². The summed E-state index contributed by atoms with van der Waals surface area (Å²) in [5, 5.41) is 11.1. The summed E-state index contributed by atoms with van der Waals surface area (Å²) in [4.78, 5) is 27.6. The molecule has 0 unspecified atom stereocenters. The lowest BCUT2D eigenvalue weighted by molar-refractivity contribution is -0.132. The van der Waals surface area contributed by atoms with Gasteiger partial charge in [-0.25, -0.2) is 0 Å². The number of ether oxygens (including phenoxy) is 2. The molecule has 1 fully saturated rings. The molecule has 1 N–H and O–H groups in total. The summed E-state index contributed by atoms with van der Waals surface area (Å²) in [6.07, 6.45) is 0. The van der Waals surface area contributed by atoms with Crippen molar-refractivity contribution in [3.8, 4) is 11.5 Å². The first-order valence-corrected chi connectivity index (χ1v) is 9.70. The molecular weight excluding hydrogens is 394 g/mol. The van der Waals surface area contributed by atoms with Gasteiger partial charge in [-0.2, -0.15) is 0 Å². The summed E-state index contributed by atoms with van der Waals surface area (Å²) in [6, 6.07) is 21.9. The fraction of sp³-hybridized carbons (Fsp3) is 0.120. The molecular formula is C25H21NO5. The number of amides is 1. The molecule has 1 heterocycles. The van der Waals surface area contributed by atoms with Crippen LogP contribution in [0.25, 0.3) is 5.76 Å². The number of hydrogen-bond donors (Lipinski definition) is 1. The van der Waals surface area contributed by atoms with E-state index in [1.807, 2.05) is 12.1 Å². The summed E-state index contributed by atoms with van der Waals surface area (Å²) in [5.41, 5.74) is 1.55. The Labute approximate surface area is 180 Å². The topological polar surface area (TPSA) is 76.1 Å². The molecule has 1 amide bonds. The number of rotatable bonds is 5. The van der Waals surface area contributed by atoms with Crippen molar-refractivity contribution in [3.63, 3.8) is 0 Å². The second kappa shape index (κ2) is 8.36. The summed E-state index contributed by atoms with van der Waals surface area (Å²) >= 11 is 0. The zero-order valence-corrected chi connectivity index (χ0v) is 17.1. The van der Waals surface area contributed by atoms with Crippen LogP contribution in [0.1, 0.15) is 17.2 Å². The number of anilines is 1. The van der Waals surface area contributed by atoms with Crippen LogP contribution in [-0.2, 0) is 9.59 Å². The average Bonchev–Trinajstić information content (AvgIpc) is 3.09. The third kappa shape index (κ3) is 3.53.